The summed E-state index contributed by atoms with van der Waals surface area (Å²) in [6.45, 7) is 0.411. The maximum Gasteiger partial charge on any atom is 0.243 e. The van der Waals surface area contributed by atoms with Crippen LogP contribution >= 0.6 is 15.9 Å². The van der Waals surface area contributed by atoms with E-state index in [1.54, 1.807) is 36.4 Å². The van der Waals surface area contributed by atoms with Gasteiger partial charge >= 0.3 is 0 Å². The molecule has 0 radical (unpaired) electrons. The molecule has 0 spiro atoms. The first-order chi connectivity index (χ1) is 13.8. The molecule has 1 fully saturated rings. The summed E-state index contributed by atoms with van der Waals surface area (Å²) in [6, 6.07) is 12.2. The van der Waals surface area contributed by atoms with E-state index in [0.29, 0.717) is 31.2 Å². The average molecular weight is 483 g/mol. The van der Waals surface area contributed by atoms with Crippen molar-refractivity contribution in [2.45, 2.75) is 37.1 Å². The molecule has 0 bridgehead atoms. The molecule has 5 nitrogen and oxygen atoms in total. The van der Waals surface area contributed by atoms with Gasteiger partial charge in [0.2, 0.25) is 10.0 Å². The van der Waals surface area contributed by atoms with Crippen molar-refractivity contribution in [2.24, 2.45) is 11.8 Å². The Bertz CT molecular complexity index is 940. The van der Waals surface area contributed by atoms with Crippen LogP contribution in [0.2, 0.25) is 0 Å². The molecule has 3 rings (SSSR count). The minimum Gasteiger partial charge on any atom is -0.550 e. The maximum atomic E-state index is 13.3. The monoisotopic (exact) mass is 482 g/mol. The number of benzene rings is 2. The third-order valence-electron chi connectivity index (χ3n) is 5.37. The lowest BCUT2D eigenvalue weighted by atomic mass is 9.82. The second-order valence-electron chi connectivity index (χ2n) is 7.41. The van der Waals surface area contributed by atoms with Crippen molar-refractivity contribution >= 4 is 31.9 Å². The number of hydrogen-bond acceptors (Lipinski definition) is 4. The molecule has 156 valence electrons. The highest BCUT2D eigenvalue weighted by Gasteiger charge is 2.30. The molecule has 0 amide bonds. The van der Waals surface area contributed by atoms with Gasteiger partial charge in [-0.25, -0.2) is 12.8 Å². The van der Waals surface area contributed by atoms with E-state index < -0.39 is 21.9 Å². The van der Waals surface area contributed by atoms with Gasteiger partial charge in [0.15, 0.2) is 0 Å². The van der Waals surface area contributed by atoms with Crippen LogP contribution in [-0.2, 0) is 21.4 Å². The van der Waals surface area contributed by atoms with Crippen LogP contribution in [0.1, 0.15) is 31.2 Å². The van der Waals surface area contributed by atoms with Gasteiger partial charge < -0.3 is 9.90 Å². The largest absolute Gasteiger partial charge is 0.550 e. The van der Waals surface area contributed by atoms with E-state index in [1.165, 1.54) is 16.4 Å². The van der Waals surface area contributed by atoms with E-state index >= 15 is 0 Å². The number of halogens is 2. The van der Waals surface area contributed by atoms with Crippen molar-refractivity contribution in [2.75, 3.05) is 6.54 Å². The van der Waals surface area contributed by atoms with Crippen molar-refractivity contribution < 1.29 is 22.7 Å². The number of hydrogen-bond donors (Lipinski definition) is 0. The van der Waals surface area contributed by atoms with E-state index in [0.717, 1.165) is 4.47 Å². The molecule has 8 heteroatoms. The SMILES string of the molecule is O=C([O-])C1CCC(CN(Cc2ccc(F)cc2)S(=O)(=O)c2ccc(Br)cc2)CC1. The van der Waals surface area contributed by atoms with Crippen LogP contribution in [0.25, 0.3) is 0 Å². The number of sulfonamides is 1. The predicted molar refractivity (Wildman–Crippen MR) is 109 cm³/mol. The second-order valence-corrected chi connectivity index (χ2v) is 10.3. The molecule has 0 unspecified atom stereocenters. The van der Waals surface area contributed by atoms with Crippen LogP contribution < -0.4 is 5.11 Å². The summed E-state index contributed by atoms with van der Waals surface area (Å²) in [6.07, 6.45) is 2.26. The fraction of sp³-hybridized carbons (Fsp3) is 0.381. The van der Waals surface area contributed by atoms with Gasteiger partial charge in [0.1, 0.15) is 5.82 Å². The summed E-state index contributed by atoms with van der Waals surface area (Å²) in [5.41, 5.74) is 0.690. The van der Waals surface area contributed by atoms with Gasteiger partial charge in [-0.3, -0.25) is 0 Å². The second kappa shape index (κ2) is 9.36. The Labute approximate surface area is 178 Å². The molecule has 1 aliphatic carbocycles. The van der Waals surface area contributed by atoms with Crippen LogP contribution in [0.4, 0.5) is 4.39 Å². The highest BCUT2D eigenvalue weighted by Crippen LogP contribution is 2.31. The Balaban J connectivity index is 1.82. The highest BCUT2D eigenvalue weighted by molar-refractivity contribution is 9.10. The Morgan fingerprint density at radius 2 is 1.62 bits per heavy atom. The topological polar surface area (TPSA) is 77.5 Å². The third kappa shape index (κ3) is 5.65. The van der Waals surface area contributed by atoms with Gasteiger partial charge in [-0.15, -0.1) is 0 Å². The average Bonchev–Trinajstić information content (AvgIpc) is 2.70. The number of nitrogens with zero attached hydrogens (tertiary/aromatic N) is 1. The lowest BCUT2D eigenvalue weighted by Crippen LogP contribution is -2.38. The molecule has 0 heterocycles. The van der Waals surface area contributed by atoms with Crippen molar-refractivity contribution in [1.29, 1.82) is 0 Å². The third-order valence-corrected chi connectivity index (χ3v) is 7.72. The number of carbonyl (C=O) groups is 1. The summed E-state index contributed by atoms with van der Waals surface area (Å²) in [5.74, 6) is -1.80. The number of carboxylic acids is 1. The summed E-state index contributed by atoms with van der Waals surface area (Å²) in [7, 11) is -3.77. The quantitative estimate of drug-likeness (QED) is 0.606. The first-order valence-corrected chi connectivity index (χ1v) is 11.7. The molecule has 29 heavy (non-hydrogen) atoms. The summed E-state index contributed by atoms with van der Waals surface area (Å²) < 4.78 is 42.0. The van der Waals surface area contributed by atoms with Crippen molar-refractivity contribution in [3.05, 3.63) is 64.4 Å². The predicted octanol–water partition coefficient (Wildman–Crippen LogP) is 3.34. The van der Waals surface area contributed by atoms with Crippen LogP contribution in [-0.4, -0.2) is 25.2 Å². The first-order valence-electron chi connectivity index (χ1n) is 9.46. The molecule has 0 atom stereocenters. The molecule has 1 aliphatic rings. The van der Waals surface area contributed by atoms with Crippen molar-refractivity contribution in [1.82, 2.24) is 4.31 Å². The molecule has 2 aromatic rings. The number of carboxylic acid groups (broad SMARTS) is 1. The normalized spacial score (nSPS) is 20.0. The Hall–Kier alpha value is -1.77. The molecule has 0 N–H and O–H groups in total. The lowest BCUT2D eigenvalue weighted by Gasteiger charge is -2.32. The van der Waals surface area contributed by atoms with E-state index in [9.17, 15) is 22.7 Å². The van der Waals surface area contributed by atoms with E-state index in [1.807, 2.05) is 0 Å². The zero-order chi connectivity index (χ0) is 21.0. The van der Waals surface area contributed by atoms with Gasteiger partial charge in [0, 0.05) is 23.5 Å². The first kappa shape index (κ1) is 21.9. The molecular formula is C21H22BrFNO4S-. The van der Waals surface area contributed by atoms with Gasteiger partial charge in [-0.2, -0.15) is 4.31 Å². The zero-order valence-corrected chi connectivity index (χ0v) is 18.2. The minimum absolute atomic E-state index is 0.0660. The smallest absolute Gasteiger partial charge is 0.243 e. The number of rotatable bonds is 7. The highest BCUT2D eigenvalue weighted by atomic mass is 79.9. The lowest BCUT2D eigenvalue weighted by molar-refractivity contribution is -0.312. The summed E-state index contributed by atoms with van der Waals surface area (Å²) in [5, 5.41) is 11.1. The fourth-order valence-electron chi connectivity index (χ4n) is 3.67. The number of aliphatic carboxylic acids is 1. The Morgan fingerprint density at radius 3 is 2.17 bits per heavy atom. The van der Waals surface area contributed by atoms with Gasteiger partial charge in [-0.05, 0) is 79.5 Å². The summed E-state index contributed by atoms with van der Waals surface area (Å²) in [4.78, 5) is 11.3. The van der Waals surface area contributed by atoms with E-state index in [-0.39, 0.29) is 29.7 Å². The summed E-state index contributed by atoms with van der Waals surface area (Å²) >= 11 is 3.31. The molecule has 0 aromatic heterocycles. The molecule has 0 saturated heterocycles. The van der Waals surface area contributed by atoms with Gasteiger partial charge in [-0.1, -0.05) is 28.1 Å². The van der Waals surface area contributed by atoms with Crippen molar-refractivity contribution in [3.63, 3.8) is 0 Å². The van der Waals surface area contributed by atoms with Crippen LogP contribution in [0.15, 0.2) is 57.9 Å². The molecule has 2 aromatic carbocycles. The molecule has 0 aliphatic heterocycles. The van der Waals surface area contributed by atoms with E-state index in [2.05, 4.69) is 15.9 Å². The van der Waals surface area contributed by atoms with Crippen LogP contribution in [0, 0.1) is 17.7 Å². The molecule has 1 saturated carbocycles. The Kier molecular flexibility index (Phi) is 7.08. The van der Waals surface area contributed by atoms with Crippen molar-refractivity contribution in [3.8, 4) is 0 Å². The van der Waals surface area contributed by atoms with Crippen LogP contribution in [0.3, 0.4) is 0 Å². The van der Waals surface area contributed by atoms with E-state index in [4.69, 9.17) is 0 Å². The maximum absolute atomic E-state index is 13.3. The minimum atomic E-state index is -3.77. The zero-order valence-electron chi connectivity index (χ0n) is 15.8. The fourth-order valence-corrected chi connectivity index (χ4v) is 5.43. The van der Waals surface area contributed by atoms with Gasteiger partial charge in [0.05, 0.1) is 4.90 Å². The standard InChI is InChI=1S/C21H23BrFNO4S/c22-18-7-11-20(12-8-18)29(27,28)24(14-16-3-9-19(23)10-4-16)13-15-1-5-17(6-2-15)21(25)26/h3-4,7-12,15,17H,1-2,5-6,13-14H2,(H,25,26)/p-1. The number of carbonyl (C=O) groups excluding carboxylic acids is 1. The van der Waals surface area contributed by atoms with Crippen LogP contribution in [0.5, 0.6) is 0 Å². The molecular weight excluding hydrogens is 461 g/mol. The van der Waals surface area contributed by atoms with Gasteiger partial charge in [0.25, 0.3) is 0 Å². The Morgan fingerprint density at radius 1 is 1.03 bits per heavy atom.